The van der Waals surface area contributed by atoms with Crippen molar-refractivity contribution in [3.63, 3.8) is 0 Å². The molecule has 19 heavy (non-hydrogen) atoms. The van der Waals surface area contributed by atoms with Gasteiger partial charge >= 0.3 is 0 Å². The molecule has 1 aromatic carbocycles. The first-order valence-corrected chi connectivity index (χ1v) is 6.07. The smallest absolute Gasteiger partial charge is 0.134 e. The first kappa shape index (κ1) is 13.1. The van der Waals surface area contributed by atoms with Crippen molar-refractivity contribution in [1.29, 1.82) is 0 Å². The van der Waals surface area contributed by atoms with Crippen LogP contribution in [0.5, 0.6) is 5.75 Å². The summed E-state index contributed by atoms with van der Waals surface area (Å²) in [5.41, 5.74) is 1.20. The van der Waals surface area contributed by atoms with Crippen LogP contribution in [0.3, 0.4) is 0 Å². The molecule has 0 unspecified atom stereocenters. The Morgan fingerprint density at radius 1 is 1.21 bits per heavy atom. The molecule has 0 bridgehead atoms. The largest absolute Gasteiger partial charge is 0.497 e. The number of hydrogen-bond acceptors (Lipinski definition) is 5. The number of aromatic nitrogens is 2. The minimum Gasteiger partial charge on any atom is -0.497 e. The minimum atomic E-state index is 0.782. The number of benzene rings is 1. The SMILES string of the molecule is CNc1cc(N(C)Cc2ccc(OC)cc2)ncn1. The van der Waals surface area contributed by atoms with Crippen molar-refractivity contribution in [3.8, 4) is 5.75 Å². The number of hydrogen-bond donors (Lipinski definition) is 1. The van der Waals surface area contributed by atoms with Crippen LogP contribution in [0.25, 0.3) is 0 Å². The van der Waals surface area contributed by atoms with Gasteiger partial charge < -0.3 is 15.0 Å². The van der Waals surface area contributed by atoms with Crippen LogP contribution in [-0.2, 0) is 6.54 Å². The Morgan fingerprint density at radius 2 is 1.95 bits per heavy atom. The Bertz CT molecular complexity index is 527. The second-order valence-electron chi connectivity index (χ2n) is 4.22. The van der Waals surface area contributed by atoms with E-state index in [1.165, 1.54) is 5.56 Å². The fourth-order valence-electron chi connectivity index (χ4n) is 1.78. The summed E-state index contributed by atoms with van der Waals surface area (Å²) >= 11 is 0. The van der Waals surface area contributed by atoms with Crippen LogP contribution in [0.15, 0.2) is 36.7 Å². The summed E-state index contributed by atoms with van der Waals surface area (Å²) in [5, 5.41) is 3.01. The summed E-state index contributed by atoms with van der Waals surface area (Å²) in [6.45, 7) is 0.782. The van der Waals surface area contributed by atoms with Crippen molar-refractivity contribution >= 4 is 11.6 Å². The lowest BCUT2D eigenvalue weighted by molar-refractivity contribution is 0.414. The third kappa shape index (κ3) is 3.34. The van der Waals surface area contributed by atoms with Crippen LogP contribution in [0.2, 0.25) is 0 Å². The molecule has 0 aliphatic heterocycles. The van der Waals surface area contributed by atoms with Gasteiger partial charge in [0.05, 0.1) is 7.11 Å². The summed E-state index contributed by atoms with van der Waals surface area (Å²) in [6.07, 6.45) is 1.56. The van der Waals surface area contributed by atoms with Crippen LogP contribution in [0.1, 0.15) is 5.56 Å². The number of ether oxygens (including phenoxy) is 1. The quantitative estimate of drug-likeness (QED) is 0.890. The summed E-state index contributed by atoms with van der Waals surface area (Å²) in [4.78, 5) is 10.4. The van der Waals surface area contributed by atoms with Gasteiger partial charge in [-0.05, 0) is 17.7 Å². The van der Waals surface area contributed by atoms with E-state index in [1.54, 1.807) is 13.4 Å². The molecule has 0 aliphatic rings. The van der Waals surface area contributed by atoms with E-state index < -0.39 is 0 Å². The lowest BCUT2D eigenvalue weighted by Crippen LogP contribution is -2.18. The van der Waals surface area contributed by atoms with Gasteiger partial charge in [-0.1, -0.05) is 12.1 Å². The van der Waals surface area contributed by atoms with E-state index in [4.69, 9.17) is 4.74 Å². The highest BCUT2D eigenvalue weighted by Gasteiger charge is 2.05. The molecule has 1 heterocycles. The molecule has 0 spiro atoms. The topological polar surface area (TPSA) is 50.3 Å². The van der Waals surface area contributed by atoms with Crippen LogP contribution in [0.4, 0.5) is 11.6 Å². The van der Waals surface area contributed by atoms with E-state index in [0.29, 0.717) is 0 Å². The second kappa shape index (κ2) is 6.04. The third-order valence-electron chi connectivity index (χ3n) is 2.88. The zero-order chi connectivity index (χ0) is 13.7. The number of nitrogens with zero attached hydrogens (tertiary/aromatic N) is 3. The highest BCUT2D eigenvalue weighted by atomic mass is 16.5. The Hall–Kier alpha value is -2.30. The minimum absolute atomic E-state index is 0.782. The molecule has 2 aromatic rings. The first-order valence-electron chi connectivity index (χ1n) is 6.07. The van der Waals surface area contributed by atoms with Gasteiger partial charge in [0.2, 0.25) is 0 Å². The fourth-order valence-corrected chi connectivity index (χ4v) is 1.78. The maximum atomic E-state index is 5.15. The molecule has 0 amide bonds. The van der Waals surface area contributed by atoms with Gasteiger partial charge in [0, 0.05) is 26.7 Å². The van der Waals surface area contributed by atoms with Crippen molar-refractivity contribution in [2.45, 2.75) is 6.54 Å². The van der Waals surface area contributed by atoms with Crippen molar-refractivity contribution < 1.29 is 4.74 Å². The summed E-state index contributed by atoms with van der Waals surface area (Å²) in [5.74, 6) is 2.56. The number of anilines is 2. The average Bonchev–Trinajstić information content (AvgIpc) is 2.48. The predicted octanol–water partition coefficient (Wildman–Crippen LogP) is 2.16. The van der Waals surface area contributed by atoms with Gasteiger partial charge in [-0.3, -0.25) is 0 Å². The van der Waals surface area contributed by atoms with E-state index in [9.17, 15) is 0 Å². The van der Waals surface area contributed by atoms with Crippen LogP contribution in [0, 0.1) is 0 Å². The first-order chi connectivity index (χ1) is 9.22. The van der Waals surface area contributed by atoms with Crippen LogP contribution in [-0.4, -0.2) is 31.2 Å². The number of rotatable bonds is 5. The lowest BCUT2D eigenvalue weighted by atomic mass is 10.2. The Balaban J connectivity index is 2.08. The van der Waals surface area contributed by atoms with Crippen molar-refractivity contribution in [2.24, 2.45) is 0 Å². The monoisotopic (exact) mass is 258 g/mol. The molecule has 0 radical (unpaired) electrons. The zero-order valence-corrected chi connectivity index (χ0v) is 11.4. The maximum absolute atomic E-state index is 5.15. The van der Waals surface area contributed by atoms with Gasteiger partial charge in [0.1, 0.15) is 23.7 Å². The van der Waals surface area contributed by atoms with Gasteiger partial charge in [0.15, 0.2) is 0 Å². The molecular formula is C14H18N4O. The van der Waals surface area contributed by atoms with Crippen molar-refractivity contribution in [3.05, 3.63) is 42.2 Å². The molecule has 0 saturated heterocycles. The molecule has 100 valence electrons. The summed E-state index contributed by atoms with van der Waals surface area (Å²) in [7, 11) is 5.52. The molecule has 0 aliphatic carbocycles. The molecule has 0 fully saturated rings. The van der Waals surface area contributed by atoms with Crippen LogP contribution < -0.4 is 15.0 Å². The molecule has 0 atom stereocenters. The Kier molecular flexibility index (Phi) is 4.18. The predicted molar refractivity (Wildman–Crippen MR) is 76.7 cm³/mol. The van der Waals surface area contributed by atoms with E-state index >= 15 is 0 Å². The standard InChI is InChI=1S/C14H18N4O/c1-15-13-8-14(17-10-16-13)18(2)9-11-4-6-12(19-3)7-5-11/h4-8,10H,9H2,1-3H3,(H,15,16,17). The van der Waals surface area contributed by atoms with Gasteiger partial charge in [-0.25, -0.2) is 9.97 Å². The van der Waals surface area contributed by atoms with Gasteiger partial charge in [0.25, 0.3) is 0 Å². The lowest BCUT2D eigenvalue weighted by Gasteiger charge is -2.18. The van der Waals surface area contributed by atoms with E-state index in [1.807, 2.05) is 32.3 Å². The zero-order valence-electron chi connectivity index (χ0n) is 11.4. The molecule has 1 aromatic heterocycles. The average molecular weight is 258 g/mol. The molecule has 5 heteroatoms. The highest BCUT2D eigenvalue weighted by Crippen LogP contribution is 2.17. The van der Waals surface area contributed by atoms with E-state index in [0.717, 1.165) is 23.9 Å². The molecule has 1 N–H and O–H groups in total. The molecule has 5 nitrogen and oxygen atoms in total. The van der Waals surface area contributed by atoms with Gasteiger partial charge in [-0.15, -0.1) is 0 Å². The Morgan fingerprint density at radius 3 is 2.58 bits per heavy atom. The molecule has 2 rings (SSSR count). The van der Waals surface area contributed by atoms with E-state index in [-0.39, 0.29) is 0 Å². The third-order valence-corrected chi connectivity index (χ3v) is 2.88. The number of methoxy groups -OCH3 is 1. The Labute approximate surface area is 113 Å². The van der Waals surface area contributed by atoms with E-state index in [2.05, 4.69) is 32.3 Å². The van der Waals surface area contributed by atoms with Crippen molar-refractivity contribution in [2.75, 3.05) is 31.4 Å². The maximum Gasteiger partial charge on any atom is 0.134 e. The fraction of sp³-hybridized carbons (Fsp3) is 0.286. The highest BCUT2D eigenvalue weighted by molar-refractivity contribution is 5.48. The number of nitrogens with one attached hydrogen (secondary N) is 1. The van der Waals surface area contributed by atoms with Crippen LogP contribution >= 0.6 is 0 Å². The molecule has 0 saturated carbocycles. The summed E-state index contributed by atoms with van der Waals surface area (Å²) < 4.78 is 5.15. The summed E-state index contributed by atoms with van der Waals surface area (Å²) in [6, 6.07) is 9.94. The molecular weight excluding hydrogens is 240 g/mol. The van der Waals surface area contributed by atoms with Crippen molar-refractivity contribution in [1.82, 2.24) is 9.97 Å². The van der Waals surface area contributed by atoms with Gasteiger partial charge in [-0.2, -0.15) is 0 Å². The normalized spacial score (nSPS) is 10.1. The second-order valence-corrected chi connectivity index (χ2v) is 4.22.